The second kappa shape index (κ2) is 8.56. The van der Waals surface area contributed by atoms with Crippen LogP contribution in [0.5, 0.6) is 0 Å². The van der Waals surface area contributed by atoms with Gasteiger partial charge in [0.1, 0.15) is 18.4 Å². The van der Waals surface area contributed by atoms with Gasteiger partial charge in [0.05, 0.1) is 12.1 Å². The number of rotatable bonds is 8. The monoisotopic (exact) mass is 415 g/mol. The molecule has 1 aliphatic rings. The van der Waals surface area contributed by atoms with E-state index in [4.69, 9.17) is 9.94 Å². The Balaban J connectivity index is 1.88. The van der Waals surface area contributed by atoms with Crippen molar-refractivity contribution in [1.29, 1.82) is 0 Å². The van der Waals surface area contributed by atoms with Crippen LogP contribution in [0.15, 0.2) is 41.7 Å². The molecule has 158 valence electrons. The van der Waals surface area contributed by atoms with E-state index in [9.17, 15) is 18.8 Å². The number of ketones is 1. The lowest BCUT2D eigenvalue weighted by molar-refractivity contribution is -0.152. The molecule has 2 atom stereocenters. The van der Waals surface area contributed by atoms with Crippen LogP contribution in [0, 0.1) is 5.92 Å². The quantitative estimate of drug-likeness (QED) is 0.683. The summed E-state index contributed by atoms with van der Waals surface area (Å²) >= 11 is 0. The number of amides is 1. The summed E-state index contributed by atoms with van der Waals surface area (Å²) < 4.78 is 12.8. The van der Waals surface area contributed by atoms with Gasteiger partial charge < -0.3 is 15.3 Å². The summed E-state index contributed by atoms with van der Waals surface area (Å²) in [5, 5.41) is 17.2. The summed E-state index contributed by atoms with van der Waals surface area (Å²) in [7, 11) is 0. The molecule has 0 spiro atoms. The molecule has 0 radical (unpaired) electrons. The lowest BCUT2D eigenvalue weighted by atomic mass is 9.83. The first kappa shape index (κ1) is 21.4. The molecule has 2 N–H and O–H groups in total. The normalized spacial score (nSPS) is 19.3. The topological polar surface area (TPSA) is 118 Å². The Morgan fingerprint density at radius 3 is 2.67 bits per heavy atom. The molecule has 1 aromatic heterocycles. The number of aliphatic carboxylic acids is 1. The Kier molecular flexibility index (Phi) is 6.09. The van der Waals surface area contributed by atoms with Crippen molar-refractivity contribution in [2.45, 2.75) is 38.3 Å². The molecule has 2 heterocycles. The fourth-order valence-corrected chi connectivity index (χ4v) is 3.41. The first-order valence-corrected chi connectivity index (χ1v) is 9.49. The first-order chi connectivity index (χ1) is 14.3. The summed E-state index contributed by atoms with van der Waals surface area (Å²) in [6.07, 6.45) is 0.987. The van der Waals surface area contributed by atoms with Crippen LogP contribution in [-0.2, 0) is 19.2 Å². The van der Waals surface area contributed by atoms with E-state index < -0.39 is 42.4 Å². The first-order valence-electron chi connectivity index (χ1n) is 9.49. The van der Waals surface area contributed by atoms with Crippen molar-refractivity contribution in [1.82, 2.24) is 10.3 Å². The minimum absolute atomic E-state index is 0.0706. The van der Waals surface area contributed by atoms with Crippen LogP contribution in [0.4, 0.5) is 4.39 Å². The Labute approximate surface area is 172 Å². The molecule has 0 fully saturated rings. The van der Waals surface area contributed by atoms with E-state index in [0.717, 1.165) is 10.8 Å². The van der Waals surface area contributed by atoms with Gasteiger partial charge in [0.25, 0.3) is 5.91 Å². The molecule has 30 heavy (non-hydrogen) atoms. The predicted molar refractivity (Wildman–Crippen MR) is 107 cm³/mol. The SMILES string of the molecule is CC(C)C1(C(=O)N[C@@H](CC(=O)O)C(=O)CF)CC(c2nccc3ccccc23)=NO1. The Morgan fingerprint density at radius 2 is 2.00 bits per heavy atom. The molecule has 0 bridgehead atoms. The van der Waals surface area contributed by atoms with E-state index in [-0.39, 0.29) is 12.3 Å². The van der Waals surface area contributed by atoms with Crippen molar-refractivity contribution < 1.29 is 28.7 Å². The van der Waals surface area contributed by atoms with Gasteiger partial charge in [-0.05, 0) is 11.5 Å². The number of hydrogen-bond donors (Lipinski definition) is 2. The third kappa shape index (κ3) is 4.00. The van der Waals surface area contributed by atoms with Gasteiger partial charge in [-0.3, -0.25) is 19.4 Å². The van der Waals surface area contributed by atoms with Gasteiger partial charge in [0.15, 0.2) is 5.78 Å². The van der Waals surface area contributed by atoms with Crippen LogP contribution in [0.3, 0.4) is 0 Å². The molecule has 2 aromatic rings. The second-order valence-electron chi connectivity index (χ2n) is 7.45. The summed E-state index contributed by atoms with van der Waals surface area (Å²) in [6, 6.07) is 7.95. The molecule has 8 nitrogen and oxygen atoms in total. The largest absolute Gasteiger partial charge is 0.481 e. The van der Waals surface area contributed by atoms with E-state index in [1.807, 2.05) is 30.3 Å². The van der Waals surface area contributed by atoms with Crippen molar-refractivity contribution in [2.75, 3.05) is 6.67 Å². The zero-order valence-electron chi connectivity index (χ0n) is 16.6. The fraction of sp³-hybridized carbons (Fsp3) is 0.381. The van der Waals surface area contributed by atoms with Crippen molar-refractivity contribution >= 4 is 34.1 Å². The van der Waals surface area contributed by atoms with Crippen LogP contribution in [0.1, 0.15) is 32.4 Å². The summed E-state index contributed by atoms with van der Waals surface area (Å²) in [6.45, 7) is 2.12. The predicted octanol–water partition coefficient (Wildman–Crippen LogP) is 2.25. The maximum absolute atomic E-state index is 13.1. The molecule has 1 aromatic carbocycles. The van der Waals surface area contributed by atoms with E-state index >= 15 is 0 Å². The number of nitrogens with zero attached hydrogens (tertiary/aromatic N) is 2. The van der Waals surface area contributed by atoms with Crippen LogP contribution >= 0.6 is 0 Å². The molecule has 1 unspecified atom stereocenters. The number of Topliss-reactive ketones (excluding diaryl/α,β-unsaturated/α-hetero) is 1. The number of benzene rings is 1. The molecule has 0 saturated heterocycles. The van der Waals surface area contributed by atoms with Gasteiger partial charge in [-0.1, -0.05) is 43.3 Å². The van der Waals surface area contributed by atoms with Gasteiger partial charge in [-0.15, -0.1) is 0 Å². The number of pyridine rings is 1. The smallest absolute Gasteiger partial charge is 0.305 e. The number of fused-ring (bicyclic) bond motifs is 1. The molecule has 3 rings (SSSR count). The lowest BCUT2D eigenvalue weighted by Crippen LogP contribution is -2.55. The molecule has 9 heteroatoms. The van der Waals surface area contributed by atoms with Crippen LogP contribution < -0.4 is 5.32 Å². The number of carbonyl (C=O) groups excluding carboxylic acids is 2. The van der Waals surface area contributed by atoms with Gasteiger partial charge in [-0.25, -0.2) is 4.39 Å². The average molecular weight is 415 g/mol. The number of carboxylic acid groups (broad SMARTS) is 1. The highest BCUT2D eigenvalue weighted by Crippen LogP contribution is 2.35. The Hall–Kier alpha value is -3.36. The number of alkyl halides is 1. The highest BCUT2D eigenvalue weighted by molar-refractivity contribution is 6.12. The lowest BCUT2D eigenvalue weighted by Gasteiger charge is -2.30. The minimum Gasteiger partial charge on any atom is -0.481 e. The standard InChI is InChI=1S/C21H22FN3O5/c1-12(2)21(20(29)24-15(9-18(27)28)17(26)11-22)10-16(25-30-21)19-14-6-4-3-5-13(14)7-8-23-19/h3-8,12,15H,9-11H2,1-2H3,(H,24,29)(H,27,28)/t15-,21?/m0/s1. The number of hydrogen-bond acceptors (Lipinski definition) is 6. The molecule has 1 aliphatic heterocycles. The van der Waals surface area contributed by atoms with Gasteiger partial charge in [0.2, 0.25) is 5.60 Å². The second-order valence-corrected chi connectivity index (χ2v) is 7.45. The minimum atomic E-state index is -1.49. The molecule has 0 saturated carbocycles. The number of nitrogens with one attached hydrogen (secondary N) is 1. The zero-order chi connectivity index (χ0) is 21.9. The molecular formula is C21H22FN3O5. The number of carbonyl (C=O) groups is 3. The van der Waals surface area contributed by atoms with Crippen LogP contribution in [0.2, 0.25) is 0 Å². The maximum atomic E-state index is 13.1. The Morgan fingerprint density at radius 1 is 1.27 bits per heavy atom. The van der Waals surface area contributed by atoms with Crippen LogP contribution in [0.25, 0.3) is 10.8 Å². The molecular weight excluding hydrogens is 393 g/mol. The van der Waals surface area contributed by atoms with Crippen molar-refractivity contribution in [3.63, 3.8) is 0 Å². The number of oxime groups is 1. The maximum Gasteiger partial charge on any atom is 0.305 e. The van der Waals surface area contributed by atoms with Gasteiger partial charge in [0, 0.05) is 23.9 Å². The van der Waals surface area contributed by atoms with Crippen molar-refractivity contribution in [2.24, 2.45) is 11.1 Å². The van der Waals surface area contributed by atoms with Crippen molar-refractivity contribution in [3.8, 4) is 0 Å². The Bertz CT molecular complexity index is 1020. The number of halogens is 1. The number of carboxylic acids is 1. The number of aromatic nitrogens is 1. The van der Waals surface area contributed by atoms with E-state index in [1.165, 1.54) is 0 Å². The summed E-state index contributed by atoms with van der Waals surface area (Å²) in [5.41, 5.74) is -0.436. The van der Waals surface area contributed by atoms with Gasteiger partial charge in [-0.2, -0.15) is 0 Å². The molecule has 0 aliphatic carbocycles. The highest BCUT2D eigenvalue weighted by Gasteiger charge is 2.50. The van der Waals surface area contributed by atoms with E-state index in [2.05, 4.69) is 15.5 Å². The summed E-state index contributed by atoms with van der Waals surface area (Å²) in [4.78, 5) is 45.8. The van der Waals surface area contributed by atoms with Gasteiger partial charge >= 0.3 is 5.97 Å². The van der Waals surface area contributed by atoms with Crippen LogP contribution in [-0.4, -0.2) is 51.8 Å². The van der Waals surface area contributed by atoms with E-state index in [0.29, 0.717) is 11.4 Å². The average Bonchev–Trinajstić information content (AvgIpc) is 3.18. The fourth-order valence-electron chi connectivity index (χ4n) is 3.41. The third-order valence-corrected chi connectivity index (χ3v) is 5.22. The third-order valence-electron chi connectivity index (χ3n) is 5.22. The molecule has 1 amide bonds. The highest BCUT2D eigenvalue weighted by atomic mass is 19.1. The zero-order valence-corrected chi connectivity index (χ0v) is 16.6. The van der Waals surface area contributed by atoms with Crippen molar-refractivity contribution in [3.05, 3.63) is 42.2 Å². The summed E-state index contributed by atoms with van der Waals surface area (Å²) in [5.74, 6) is -3.44. The van der Waals surface area contributed by atoms with E-state index in [1.54, 1.807) is 20.0 Å².